The Morgan fingerprint density at radius 1 is 1.21 bits per heavy atom. The molecule has 1 aromatic carbocycles. The van der Waals surface area contributed by atoms with Crippen molar-refractivity contribution in [2.24, 2.45) is 0 Å². The normalized spacial score (nSPS) is 14.3. The van der Waals surface area contributed by atoms with Crippen LogP contribution in [-0.2, 0) is 32.0 Å². The molecule has 0 atom stereocenters. The molecule has 1 saturated heterocycles. The quantitative estimate of drug-likeness (QED) is 0.277. The lowest BCUT2D eigenvalue weighted by molar-refractivity contribution is -0.142. The summed E-state index contributed by atoms with van der Waals surface area (Å²) < 4.78 is 10.3. The zero-order chi connectivity index (χ0) is 23.0. The van der Waals surface area contributed by atoms with Gasteiger partial charge in [0.15, 0.2) is 5.13 Å². The number of carbonyl (C=O) groups is 2. The van der Waals surface area contributed by atoms with E-state index < -0.39 is 0 Å². The summed E-state index contributed by atoms with van der Waals surface area (Å²) in [7, 11) is 0. The van der Waals surface area contributed by atoms with Gasteiger partial charge in [0, 0.05) is 23.9 Å². The van der Waals surface area contributed by atoms with Gasteiger partial charge in [-0.3, -0.25) is 14.5 Å². The molecule has 0 spiro atoms. The Morgan fingerprint density at radius 2 is 2.03 bits per heavy atom. The molecule has 1 fully saturated rings. The average molecular weight is 488 g/mol. The number of benzene rings is 1. The molecule has 3 aromatic rings. The number of esters is 1. The summed E-state index contributed by atoms with van der Waals surface area (Å²) in [6.07, 6.45) is 0.0911. The first-order valence-corrected chi connectivity index (χ1v) is 12.6. The predicted octanol–water partition coefficient (Wildman–Crippen LogP) is 2.75. The lowest BCUT2D eigenvalue weighted by Gasteiger charge is -2.25. The number of nitrogens with zero attached hydrogens (tertiary/aromatic N) is 4. The first-order valence-electron chi connectivity index (χ1n) is 10.7. The highest BCUT2D eigenvalue weighted by atomic mass is 32.2. The van der Waals surface area contributed by atoms with Crippen molar-refractivity contribution in [1.29, 1.82) is 0 Å². The number of carbonyl (C=O) groups excluding carboxylic acids is 2. The summed E-state index contributed by atoms with van der Waals surface area (Å²) >= 11 is 2.66. The number of hydrogen-bond donors (Lipinski definition) is 1. The molecule has 33 heavy (non-hydrogen) atoms. The van der Waals surface area contributed by atoms with E-state index in [0.29, 0.717) is 37.2 Å². The SMILES string of the molecule is CCOC(=O)Cc1csc(NC(=O)CSc2nc(CN3CCOCC3)nc3ccccc23)n1. The van der Waals surface area contributed by atoms with E-state index in [1.165, 1.54) is 23.1 Å². The van der Waals surface area contributed by atoms with Crippen molar-refractivity contribution in [3.63, 3.8) is 0 Å². The van der Waals surface area contributed by atoms with Gasteiger partial charge in [0.05, 0.1) is 49.7 Å². The number of ether oxygens (including phenoxy) is 2. The number of hydrogen-bond acceptors (Lipinski definition) is 10. The van der Waals surface area contributed by atoms with Crippen LogP contribution < -0.4 is 5.32 Å². The molecule has 1 N–H and O–H groups in total. The molecule has 3 heterocycles. The third kappa shape index (κ3) is 6.70. The molecule has 9 nitrogen and oxygen atoms in total. The van der Waals surface area contributed by atoms with Crippen LogP contribution in [0.4, 0.5) is 5.13 Å². The molecule has 2 aromatic heterocycles. The standard InChI is InChI=1S/C22H25N5O4S2/c1-2-31-20(29)11-15-13-33-22(23-15)26-19(28)14-32-21-16-5-3-4-6-17(16)24-18(25-21)12-27-7-9-30-10-8-27/h3-6,13H,2,7-12,14H2,1H3,(H,23,26,28). The summed E-state index contributed by atoms with van der Waals surface area (Å²) in [6.45, 7) is 5.88. The van der Waals surface area contributed by atoms with Crippen LogP contribution in [-0.4, -0.2) is 70.4 Å². The summed E-state index contributed by atoms with van der Waals surface area (Å²) in [6, 6.07) is 7.82. The Kier molecular flexibility index (Phi) is 8.21. The molecule has 1 aliphatic rings. The molecule has 0 radical (unpaired) electrons. The monoisotopic (exact) mass is 487 g/mol. The van der Waals surface area contributed by atoms with Gasteiger partial charge in [-0.15, -0.1) is 11.3 Å². The number of thioether (sulfide) groups is 1. The molecule has 0 unspecified atom stereocenters. The van der Waals surface area contributed by atoms with E-state index >= 15 is 0 Å². The lowest BCUT2D eigenvalue weighted by Crippen LogP contribution is -2.36. The third-order valence-corrected chi connectivity index (χ3v) is 6.65. The molecule has 0 bridgehead atoms. The van der Waals surface area contributed by atoms with Gasteiger partial charge in [0.25, 0.3) is 0 Å². The predicted molar refractivity (Wildman–Crippen MR) is 127 cm³/mol. The highest BCUT2D eigenvalue weighted by molar-refractivity contribution is 8.00. The maximum atomic E-state index is 12.5. The van der Waals surface area contributed by atoms with Crippen LogP contribution in [0.3, 0.4) is 0 Å². The second-order valence-corrected chi connectivity index (χ2v) is 9.14. The van der Waals surface area contributed by atoms with Crippen molar-refractivity contribution in [3.05, 3.63) is 41.2 Å². The smallest absolute Gasteiger partial charge is 0.311 e. The van der Waals surface area contributed by atoms with Crippen molar-refractivity contribution >= 4 is 51.0 Å². The van der Waals surface area contributed by atoms with Crippen LogP contribution in [0.5, 0.6) is 0 Å². The van der Waals surface area contributed by atoms with Gasteiger partial charge in [-0.25, -0.2) is 15.0 Å². The van der Waals surface area contributed by atoms with Crippen molar-refractivity contribution in [2.45, 2.75) is 24.9 Å². The van der Waals surface area contributed by atoms with E-state index in [0.717, 1.165) is 34.8 Å². The van der Waals surface area contributed by atoms with Gasteiger partial charge in [0.2, 0.25) is 5.91 Å². The van der Waals surface area contributed by atoms with E-state index in [1.807, 2.05) is 24.3 Å². The molecule has 11 heteroatoms. The lowest BCUT2D eigenvalue weighted by atomic mass is 10.2. The van der Waals surface area contributed by atoms with Crippen molar-refractivity contribution in [2.75, 3.05) is 44.0 Å². The van der Waals surface area contributed by atoms with Crippen LogP contribution >= 0.6 is 23.1 Å². The average Bonchev–Trinajstić information content (AvgIpc) is 3.24. The fourth-order valence-electron chi connectivity index (χ4n) is 3.33. The highest BCUT2D eigenvalue weighted by Crippen LogP contribution is 2.26. The number of rotatable bonds is 9. The van der Waals surface area contributed by atoms with Crippen molar-refractivity contribution in [1.82, 2.24) is 19.9 Å². The molecule has 174 valence electrons. The third-order valence-electron chi connectivity index (χ3n) is 4.85. The second-order valence-electron chi connectivity index (χ2n) is 7.31. The number of amides is 1. The van der Waals surface area contributed by atoms with Crippen LogP contribution in [0.15, 0.2) is 34.7 Å². The van der Waals surface area contributed by atoms with Gasteiger partial charge in [-0.1, -0.05) is 30.0 Å². The summed E-state index contributed by atoms with van der Waals surface area (Å²) in [5.41, 5.74) is 1.44. The van der Waals surface area contributed by atoms with Crippen molar-refractivity contribution in [3.8, 4) is 0 Å². The summed E-state index contributed by atoms with van der Waals surface area (Å²) in [5, 5.41) is 6.70. The number of anilines is 1. The largest absolute Gasteiger partial charge is 0.466 e. The topological polar surface area (TPSA) is 107 Å². The van der Waals surface area contributed by atoms with Gasteiger partial charge in [-0.2, -0.15) is 0 Å². The minimum Gasteiger partial charge on any atom is -0.466 e. The fraction of sp³-hybridized carbons (Fsp3) is 0.409. The van der Waals surface area contributed by atoms with E-state index in [2.05, 4.69) is 15.2 Å². The van der Waals surface area contributed by atoms with E-state index in [9.17, 15) is 9.59 Å². The maximum Gasteiger partial charge on any atom is 0.311 e. The number of nitrogens with one attached hydrogen (secondary N) is 1. The van der Waals surface area contributed by atoms with Gasteiger partial charge in [-0.05, 0) is 13.0 Å². The van der Waals surface area contributed by atoms with Crippen molar-refractivity contribution < 1.29 is 19.1 Å². The number of para-hydroxylation sites is 1. The number of morpholine rings is 1. The minimum absolute atomic E-state index is 0.0911. The molecular weight excluding hydrogens is 462 g/mol. The Labute approximate surface area is 199 Å². The number of fused-ring (bicyclic) bond motifs is 1. The Balaban J connectivity index is 1.39. The van der Waals surface area contributed by atoms with Crippen LogP contribution in [0.2, 0.25) is 0 Å². The summed E-state index contributed by atoms with van der Waals surface area (Å²) in [4.78, 5) is 40.2. The van der Waals surface area contributed by atoms with Gasteiger partial charge in [0.1, 0.15) is 10.9 Å². The summed E-state index contributed by atoms with van der Waals surface area (Å²) in [5.74, 6) is 0.404. The molecule has 4 rings (SSSR count). The highest BCUT2D eigenvalue weighted by Gasteiger charge is 2.16. The maximum absolute atomic E-state index is 12.5. The molecule has 1 aliphatic heterocycles. The molecule has 0 saturated carbocycles. The Bertz CT molecular complexity index is 1120. The van der Waals surface area contributed by atoms with Crippen LogP contribution in [0.25, 0.3) is 10.9 Å². The van der Waals surface area contributed by atoms with Gasteiger partial charge >= 0.3 is 5.97 Å². The van der Waals surface area contributed by atoms with E-state index in [4.69, 9.17) is 19.4 Å². The Hall–Kier alpha value is -2.60. The number of aromatic nitrogens is 3. The first-order chi connectivity index (χ1) is 16.1. The zero-order valence-electron chi connectivity index (χ0n) is 18.3. The minimum atomic E-state index is -0.334. The van der Waals surface area contributed by atoms with Gasteiger partial charge < -0.3 is 14.8 Å². The van der Waals surface area contributed by atoms with Crippen LogP contribution in [0, 0.1) is 0 Å². The fourth-order valence-corrected chi connectivity index (χ4v) is 4.89. The Morgan fingerprint density at radius 3 is 2.85 bits per heavy atom. The first kappa shape index (κ1) is 23.6. The second kappa shape index (κ2) is 11.5. The van der Waals surface area contributed by atoms with Crippen LogP contribution in [0.1, 0.15) is 18.4 Å². The van der Waals surface area contributed by atoms with E-state index in [-0.39, 0.29) is 24.1 Å². The molecule has 0 aliphatic carbocycles. The molecule has 1 amide bonds. The number of thiazole rings is 1. The zero-order valence-corrected chi connectivity index (χ0v) is 19.9. The molecular formula is C22H25N5O4S2. The van der Waals surface area contributed by atoms with E-state index in [1.54, 1.807) is 12.3 Å².